The molecule has 10 heteroatoms. The van der Waals surface area contributed by atoms with Crippen LogP contribution in [0.2, 0.25) is 0 Å². The fraction of sp³-hybridized carbons (Fsp3) is 0.0952. The van der Waals surface area contributed by atoms with Crippen molar-refractivity contribution in [1.82, 2.24) is 0 Å². The van der Waals surface area contributed by atoms with Gasteiger partial charge in [-0.15, -0.1) is 0 Å². The van der Waals surface area contributed by atoms with Crippen LogP contribution in [0.3, 0.4) is 0 Å². The largest absolute Gasteiger partial charge is 0.496 e. The van der Waals surface area contributed by atoms with Crippen molar-refractivity contribution in [2.24, 2.45) is 0 Å². The van der Waals surface area contributed by atoms with Gasteiger partial charge in [-0.25, -0.2) is 0 Å². The van der Waals surface area contributed by atoms with E-state index < -0.39 is 32.7 Å². The summed E-state index contributed by atoms with van der Waals surface area (Å²) in [5.41, 5.74) is -0.719. The average Bonchev–Trinajstić information content (AvgIpc) is 2.74. The third kappa shape index (κ3) is 5.15. The smallest absolute Gasteiger partial charge is 0.417 e. The number of anilines is 1. The molecule has 0 aliphatic rings. The molecule has 0 saturated carbocycles. The summed E-state index contributed by atoms with van der Waals surface area (Å²) in [7, 11) is -3.31. The number of benzene rings is 3. The molecule has 0 unspecified atom stereocenters. The van der Waals surface area contributed by atoms with Crippen LogP contribution < -0.4 is 14.2 Å². The molecule has 0 atom stereocenters. The molecule has 6 nitrogen and oxygen atoms in total. The van der Waals surface area contributed by atoms with Crippen molar-refractivity contribution in [3.05, 3.63) is 83.9 Å². The third-order valence-electron chi connectivity index (χ3n) is 4.13. The van der Waals surface area contributed by atoms with Crippen LogP contribution in [-0.2, 0) is 16.3 Å². The molecule has 1 N–H and O–H groups in total. The molecule has 0 fully saturated rings. The van der Waals surface area contributed by atoms with Gasteiger partial charge in [-0.1, -0.05) is 24.3 Å². The first-order valence-electron chi connectivity index (χ1n) is 8.77. The number of nitrogens with one attached hydrogen (secondary N) is 1. The minimum absolute atomic E-state index is 0.215. The first kappa shape index (κ1) is 22.2. The highest BCUT2D eigenvalue weighted by molar-refractivity contribution is 7.87. The number of hydrogen-bond acceptors (Lipinski definition) is 5. The molecule has 31 heavy (non-hydrogen) atoms. The number of para-hydroxylation sites is 1. The molecule has 3 aromatic rings. The summed E-state index contributed by atoms with van der Waals surface area (Å²) >= 11 is 0. The van der Waals surface area contributed by atoms with Gasteiger partial charge in [0.1, 0.15) is 16.4 Å². The molecule has 3 aromatic carbocycles. The fourth-order valence-corrected chi connectivity index (χ4v) is 3.87. The minimum atomic E-state index is -4.86. The van der Waals surface area contributed by atoms with Crippen LogP contribution in [-0.4, -0.2) is 21.4 Å². The lowest BCUT2D eigenvalue weighted by molar-refractivity contribution is -0.139. The monoisotopic (exact) mass is 451 g/mol. The molecule has 1 amide bonds. The first-order valence-corrected chi connectivity index (χ1v) is 10.2. The Morgan fingerprint density at radius 2 is 1.52 bits per heavy atom. The van der Waals surface area contributed by atoms with E-state index in [4.69, 9.17) is 8.92 Å². The first-order chi connectivity index (χ1) is 14.6. The van der Waals surface area contributed by atoms with Gasteiger partial charge in [-0.2, -0.15) is 21.6 Å². The van der Waals surface area contributed by atoms with Crippen LogP contribution in [0.25, 0.3) is 0 Å². The van der Waals surface area contributed by atoms with Gasteiger partial charge in [0.25, 0.3) is 5.91 Å². The van der Waals surface area contributed by atoms with E-state index in [1.165, 1.54) is 37.4 Å². The lowest BCUT2D eigenvalue weighted by Crippen LogP contribution is -2.17. The predicted molar refractivity (Wildman–Crippen MR) is 107 cm³/mol. The van der Waals surface area contributed by atoms with Crippen LogP contribution in [0, 0.1) is 0 Å². The van der Waals surface area contributed by atoms with E-state index >= 15 is 0 Å². The van der Waals surface area contributed by atoms with Crippen LogP contribution in [0.5, 0.6) is 11.5 Å². The van der Waals surface area contributed by atoms with Gasteiger partial charge in [0.15, 0.2) is 0 Å². The van der Waals surface area contributed by atoms with Crippen LogP contribution in [0.15, 0.2) is 77.7 Å². The maximum Gasteiger partial charge on any atom is 0.417 e. The molecule has 0 heterocycles. The van der Waals surface area contributed by atoms with Crippen molar-refractivity contribution < 1.29 is 35.3 Å². The van der Waals surface area contributed by atoms with Gasteiger partial charge in [0.2, 0.25) is 0 Å². The SMILES string of the molecule is COc1ccccc1C(=O)Nc1ccc(OS(=O)(=O)c2ccccc2C(F)(F)F)cc1. The summed E-state index contributed by atoms with van der Waals surface area (Å²) in [4.78, 5) is 11.4. The van der Waals surface area contributed by atoms with E-state index in [1.54, 1.807) is 24.3 Å². The van der Waals surface area contributed by atoms with E-state index in [1.807, 2.05) is 0 Å². The summed E-state index contributed by atoms with van der Waals surface area (Å²) in [6.45, 7) is 0. The molecule has 0 aromatic heterocycles. The molecule has 3 rings (SSSR count). The maximum atomic E-state index is 13.1. The lowest BCUT2D eigenvalue weighted by atomic mass is 10.2. The number of ether oxygens (including phenoxy) is 1. The molecule has 0 radical (unpaired) electrons. The third-order valence-corrected chi connectivity index (χ3v) is 5.44. The predicted octanol–water partition coefficient (Wildman–Crippen LogP) is 4.73. The number of hydrogen-bond donors (Lipinski definition) is 1. The second kappa shape index (κ2) is 8.68. The highest BCUT2D eigenvalue weighted by Gasteiger charge is 2.37. The van der Waals surface area contributed by atoms with Crippen LogP contribution in [0.4, 0.5) is 18.9 Å². The quantitative estimate of drug-likeness (QED) is 0.548. The fourth-order valence-electron chi connectivity index (χ4n) is 2.71. The van der Waals surface area contributed by atoms with Crippen LogP contribution in [0.1, 0.15) is 15.9 Å². The van der Waals surface area contributed by atoms with Gasteiger partial charge in [0, 0.05) is 5.69 Å². The zero-order valence-corrected chi connectivity index (χ0v) is 16.8. The van der Waals surface area contributed by atoms with Crippen molar-refractivity contribution in [3.63, 3.8) is 0 Å². The highest BCUT2D eigenvalue weighted by Crippen LogP contribution is 2.35. The maximum absolute atomic E-state index is 13.1. The number of amides is 1. The molecule has 0 saturated heterocycles. The Hall–Kier alpha value is -3.53. The van der Waals surface area contributed by atoms with Crippen molar-refractivity contribution >= 4 is 21.7 Å². The Morgan fingerprint density at radius 1 is 0.903 bits per heavy atom. The number of carbonyl (C=O) groups excluding carboxylic acids is 1. The summed E-state index contributed by atoms with van der Waals surface area (Å²) in [6, 6.07) is 15.4. The Balaban J connectivity index is 1.78. The Labute approximate surface area is 176 Å². The zero-order valence-electron chi connectivity index (χ0n) is 16.0. The lowest BCUT2D eigenvalue weighted by Gasteiger charge is -2.14. The number of alkyl halides is 3. The second-order valence-corrected chi connectivity index (χ2v) is 7.72. The Bertz CT molecular complexity index is 1190. The summed E-state index contributed by atoms with van der Waals surface area (Å²) < 4.78 is 74.1. The van der Waals surface area contributed by atoms with Crippen molar-refractivity contribution in [3.8, 4) is 11.5 Å². The van der Waals surface area contributed by atoms with Gasteiger partial charge in [-0.05, 0) is 48.5 Å². The summed E-state index contributed by atoms with van der Waals surface area (Å²) in [6.07, 6.45) is -4.86. The van der Waals surface area contributed by atoms with E-state index in [0.717, 1.165) is 12.1 Å². The second-order valence-electron chi connectivity index (χ2n) is 6.21. The molecule has 0 aliphatic heterocycles. The Morgan fingerprint density at radius 3 is 2.16 bits per heavy atom. The van der Waals surface area contributed by atoms with Crippen molar-refractivity contribution in [1.29, 1.82) is 0 Å². The average molecular weight is 451 g/mol. The summed E-state index contributed by atoms with van der Waals surface area (Å²) in [5, 5.41) is 2.61. The number of methoxy groups -OCH3 is 1. The highest BCUT2D eigenvalue weighted by atomic mass is 32.2. The topological polar surface area (TPSA) is 81.7 Å². The molecule has 162 valence electrons. The standard InChI is InChI=1S/C21H16F3NO5S/c1-29-18-8-4-2-6-16(18)20(26)25-14-10-12-15(13-11-14)30-31(27,28)19-9-5-3-7-17(19)21(22,23)24/h2-13H,1H3,(H,25,26). The van der Waals surface area contributed by atoms with Crippen LogP contribution >= 0.6 is 0 Å². The molecule has 0 bridgehead atoms. The number of halogens is 3. The molecule has 0 spiro atoms. The molecular weight excluding hydrogens is 435 g/mol. The minimum Gasteiger partial charge on any atom is -0.496 e. The zero-order chi connectivity index (χ0) is 22.6. The summed E-state index contributed by atoms with van der Waals surface area (Å²) in [5.74, 6) is -0.306. The van der Waals surface area contributed by atoms with Crippen molar-refractivity contribution in [2.45, 2.75) is 11.1 Å². The molecular formula is C21H16F3NO5S. The van der Waals surface area contributed by atoms with Gasteiger partial charge < -0.3 is 14.2 Å². The van der Waals surface area contributed by atoms with Gasteiger partial charge in [-0.3, -0.25) is 4.79 Å². The number of carbonyl (C=O) groups is 1. The van der Waals surface area contributed by atoms with E-state index in [9.17, 15) is 26.4 Å². The van der Waals surface area contributed by atoms with Crippen molar-refractivity contribution in [2.75, 3.05) is 12.4 Å². The van der Waals surface area contributed by atoms with E-state index in [0.29, 0.717) is 17.5 Å². The normalized spacial score (nSPS) is 11.6. The van der Waals surface area contributed by atoms with E-state index in [2.05, 4.69) is 5.32 Å². The van der Waals surface area contributed by atoms with Gasteiger partial charge >= 0.3 is 16.3 Å². The van der Waals surface area contributed by atoms with E-state index in [-0.39, 0.29) is 11.3 Å². The molecule has 0 aliphatic carbocycles. The Kier molecular flexibility index (Phi) is 6.21. The van der Waals surface area contributed by atoms with Gasteiger partial charge in [0.05, 0.1) is 18.2 Å². The number of rotatable bonds is 6.